The van der Waals surface area contributed by atoms with Gasteiger partial charge < -0.3 is 10.2 Å². The molecule has 0 saturated carbocycles. The summed E-state index contributed by atoms with van der Waals surface area (Å²) in [5.74, 6) is 0.886. The molecule has 2 fully saturated rings. The molecule has 0 radical (unpaired) electrons. The first-order chi connectivity index (χ1) is 9.26. The summed E-state index contributed by atoms with van der Waals surface area (Å²) in [7, 11) is 0. The van der Waals surface area contributed by atoms with Crippen LogP contribution in [0.25, 0.3) is 0 Å². The van der Waals surface area contributed by atoms with Crippen LogP contribution < -0.4 is 10.2 Å². The highest BCUT2D eigenvalue weighted by Crippen LogP contribution is 2.31. The van der Waals surface area contributed by atoms with Crippen molar-refractivity contribution in [3.63, 3.8) is 0 Å². The zero-order chi connectivity index (χ0) is 13.2. The third-order valence-electron chi connectivity index (χ3n) is 4.22. The van der Waals surface area contributed by atoms with Gasteiger partial charge in [-0.1, -0.05) is 6.92 Å². The van der Waals surface area contributed by atoms with E-state index in [1.807, 2.05) is 12.4 Å². The fourth-order valence-corrected chi connectivity index (χ4v) is 3.63. The number of piperidine rings is 1. The highest BCUT2D eigenvalue weighted by molar-refractivity contribution is 9.10. The monoisotopic (exact) mass is 324 g/mol. The Morgan fingerprint density at radius 1 is 1.26 bits per heavy atom. The molecule has 2 aliphatic rings. The van der Waals surface area contributed by atoms with Crippen LogP contribution in [0.1, 0.15) is 39.0 Å². The van der Waals surface area contributed by atoms with Crippen molar-refractivity contribution in [2.24, 2.45) is 0 Å². The van der Waals surface area contributed by atoms with Crippen LogP contribution in [0.15, 0.2) is 16.9 Å². The van der Waals surface area contributed by atoms with Crippen molar-refractivity contribution in [3.05, 3.63) is 16.9 Å². The Morgan fingerprint density at radius 3 is 2.47 bits per heavy atom. The van der Waals surface area contributed by atoms with Gasteiger partial charge in [0.25, 0.3) is 0 Å². The molecule has 5 heteroatoms. The third kappa shape index (κ3) is 2.92. The predicted molar refractivity (Wildman–Crippen MR) is 80.3 cm³/mol. The smallest absolute Gasteiger partial charge is 0.225 e. The summed E-state index contributed by atoms with van der Waals surface area (Å²) in [5.41, 5.74) is 0. The first-order valence-corrected chi connectivity index (χ1v) is 8.05. The van der Waals surface area contributed by atoms with Crippen LogP contribution in [-0.2, 0) is 0 Å². The molecule has 1 aromatic heterocycles. The minimum Gasteiger partial charge on any atom is -0.338 e. The highest BCUT2D eigenvalue weighted by Gasteiger charge is 2.36. The maximum Gasteiger partial charge on any atom is 0.225 e. The van der Waals surface area contributed by atoms with E-state index < -0.39 is 0 Å². The molecule has 2 bridgehead atoms. The molecule has 3 rings (SSSR count). The summed E-state index contributed by atoms with van der Waals surface area (Å²) in [6.07, 6.45) is 9.97. The Bertz CT molecular complexity index is 410. The summed E-state index contributed by atoms with van der Waals surface area (Å²) >= 11 is 3.41. The number of nitrogens with zero attached hydrogens (tertiary/aromatic N) is 3. The van der Waals surface area contributed by atoms with Crippen LogP contribution in [-0.4, -0.2) is 34.6 Å². The molecule has 104 valence electrons. The number of rotatable bonds is 4. The topological polar surface area (TPSA) is 41.1 Å². The molecule has 2 saturated heterocycles. The van der Waals surface area contributed by atoms with Gasteiger partial charge in [0.2, 0.25) is 5.95 Å². The van der Waals surface area contributed by atoms with E-state index in [0.717, 1.165) is 23.4 Å². The second kappa shape index (κ2) is 5.75. The van der Waals surface area contributed by atoms with E-state index in [2.05, 4.69) is 43.0 Å². The Hall–Kier alpha value is -0.680. The second-order valence-electron chi connectivity index (χ2n) is 5.66. The van der Waals surface area contributed by atoms with Gasteiger partial charge in [-0.2, -0.15) is 0 Å². The summed E-state index contributed by atoms with van der Waals surface area (Å²) in [6.45, 7) is 3.27. The molecule has 1 N–H and O–H groups in total. The largest absolute Gasteiger partial charge is 0.338 e. The molecule has 2 unspecified atom stereocenters. The molecule has 2 aliphatic heterocycles. The minimum atomic E-state index is 0.597. The van der Waals surface area contributed by atoms with Gasteiger partial charge in [0.1, 0.15) is 0 Å². The quantitative estimate of drug-likeness (QED) is 0.924. The maximum atomic E-state index is 4.49. The lowest BCUT2D eigenvalue weighted by atomic mass is 9.98. The molecule has 4 nitrogen and oxygen atoms in total. The zero-order valence-electron chi connectivity index (χ0n) is 11.3. The Kier molecular flexibility index (Phi) is 4.03. The van der Waals surface area contributed by atoms with E-state index in [0.29, 0.717) is 18.1 Å². The Balaban J connectivity index is 1.78. The number of anilines is 1. The average Bonchev–Trinajstić information content (AvgIpc) is 2.76. The molecule has 19 heavy (non-hydrogen) atoms. The lowest BCUT2D eigenvalue weighted by molar-refractivity contribution is 0.344. The molecular weight excluding hydrogens is 304 g/mol. The van der Waals surface area contributed by atoms with E-state index in [1.54, 1.807) is 0 Å². The first-order valence-electron chi connectivity index (χ1n) is 7.26. The fourth-order valence-electron chi connectivity index (χ4n) is 3.42. The number of aromatic nitrogens is 2. The van der Waals surface area contributed by atoms with E-state index in [4.69, 9.17) is 0 Å². The lowest BCUT2D eigenvalue weighted by Gasteiger charge is -2.37. The van der Waals surface area contributed by atoms with Gasteiger partial charge in [0.15, 0.2) is 0 Å². The SMILES string of the molecule is CCCN(c1ncc(Br)cn1)C1CC2CCC(C1)N2. The third-order valence-corrected chi connectivity index (χ3v) is 4.63. The van der Waals surface area contributed by atoms with E-state index in [-0.39, 0.29) is 0 Å². The fraction of sp³-hybridized carbons (Fsp3) is 0.714. The van der Waals surface area contributed by atoms with Gasteiger partial charge in [-0.3, -0.25) is 0 Å². The molecule has 0 aliphatic carbocycles. The van der Waals surface area contributed by atoms with Gasteiger partial charge in [0, 0.05) is 37.1 Å². The normalized spacial score (nSPS) is 29.5. The molecule has 0 spiro atoms. The summed E-state index contributed by atoms with van der Waals surface area (Å²) in [5, 5.41) is 3.70. The van der Waals surface area contributed by atoms with E-state index >= 15 is 0 Å². The molecule has 0 amide bonds. The van der Waals surface area contributed by atoms with Crippen LogP contribution in [0.2, 0.25) is 0 Å². The number of fused-ring (bicyclic) bond motifs is 2. The standard InChI is InChI=1S/C14H21BrN4/c1-2-5-19(14-16-8-10(15)9-17-14)13-6-11-3-4-12(7-13)18-11/h8-9,11-13,18H,2-7H2,1H3. The Labute approximate surface area is 123 Å². The maximum absolute atomic E-state index is 4.49. The molecular formula is C14H21BrN4. The highest BCUT2D eigenvalue weighted by atomic mass is 79.9. The van der Waals surface area contributed by atoms with Crippen molar-refractivity contribution in [2.45, 2.75) is 57.2 Å². The van der Waals surface area contributed by atoms with Crippen LogP contribution in [0.4, 0.5) is 5.95 Å². The van der Waals surface area contributed by atoms with E-state index in [9.17, 15) is 0 Å². The van der Waals surface area contributed by atoms with Crippen molar-refractivity contribution in [3.8, 4) is 0 Å². The van der Waals surface area contributed by atoms with Crippen molar-refractivity contribution < 1.29 is 0 Å². The molecule has 0 aromatic carbocycles. The number of hydrogen-bond donors (Lipinski definition) is 1. The van der Waals surface area contributed by atoms with Gasteiger partial charge in [-0.15, -0.1) is 0 Å². The van der Waals surface area contributed by atoms with Gasteiger partial charge in [-0.25, -0.2) is 9.97 Å². The molecule has 2 atom stereocenters. The average molecular weight is 325 g/mol. The van der Waals surface area contributed by atoms with Crippen molar-refractivity contribution >= 4 is 21.9 Å². The van der Waals surface area contributed by atoms with Crippen LogP contribution >= 0.6 is 15.9 Å². The van der Waals surface area contributed by atoms with Crippen molar-refractivity contribution in [1.82, 2.24) is 15.3 Å². The second-order valence-corrected chi connectivity index (χ2v) is 6.57. The number of hydrogen-bond acceptors (Lipinski definition) is 4. The van der Waals surface area contributed by atoms with Crippen molar-refractivity contribution in [1.29, 1.82) is 0 Å². The molecule has 1 aromatic rings. The van der Waals surface area contributed by atoms with Crippen LogP contribution in [0, 0.1) is 0 Å². The Morgan fingerprint density at radius 2 is 1.89 bits per heavy atom. The van der Waals surface area contributed by atoms with Gasteiger partial charge >= 0.3 is 0 Å². The molecule has 3 heterocycles. The van der Waals surface area contributed by atoms with Gasteiger partial charge in [0.05, 0.1) is 4.47 Å². The predicted octanol–water partition coefficient (Wildman–Crippen LogP) is 2.74. The first kappa shape index (κ1) is 13.3. The summed E-state index contributed by atoms with van der Waals surface area (Å²) in [4.78, 5) is 11.4. The van der Waals surface area contributed by atoms with Crippen molar-refractivity contribution in [2.75, 3.05) is 11.4 Å². The van der Waals surface area contributed by atoms with Crippen LogP contribution in [0.5, 0.6) is 0 Å². The number of halogens is 1. The van der Waals surface area contributed by atoms with E-state index in [1.165, 1.54) is 25.7 Å². The summed E-state index contributed by atoms with van der Waals surface area (Å²) < 4.78 is 0.943. The van der Waals surface area contributed by atoms with Gasteiger partial charge in [-0.05, 0) is 48.0 Å². The zero-order valence-corrected chi connectivity index (χ0v) is 12.9. The number of nitrogens with one attached hydrogen (secondary N) is 1. The summed E-state index contributed by atoms with van der Waals surface area (Å²) in [6, 6.07) is 2.01. The lowest BCUT2D eigenvalue weighted by Crippen LogP contribution is -2.49. The minimum absolute atomic E-state index is 0.597. The van der Waals surface area contributed by atoms with Crippen LogP contribution in [0.3, 0.4) is 0 Å².